The summed E-state index contributed by atoms with van der Waals surface area (Å²) >= 11 is 1.46. The Morgan fingerprint density at radius 3 is 2.59 bits per heavy atom. The summed E-state index contributed by atoms with van der Waals surface area (Å²) in [5, 5.41) is 6.85. The first-order valence-electron chi connectivity index (χ1n) is 6.80. The van der Waals surface area contributed by atoms with Crippen molar-refractivity contribution in [2.45, 2.75) is 6.92 Å². The molecule has 22 heavy (non-hydrogen) atoms. The normalized spacial score (nSPS) is 11.5. The Morgan fingerprint density at radius 2 is 1.82 bits per heavy atom. The molecule has 0 atom stereocenters. The molecular weight excluding hydrogens is 297 g/mol. The number of thiazole rings is 1. The molecule has 1 aromatic heterocycles. The molecule has 0 saturated carbocycles. The van der Waals surface area contributed by atoms with Crippen molar-refractivity contribution < 1.29 is 4.39 Å². The topological polar surface area (TPSA) is 37.3 Å². The lowest BCUT2D eigenvalue weighted by molar-refractivity contribution is 0.625. The third kappa shape index (κ3) is 3.20. The lowest BCUT2D eigenvalue weighted by atomic mass is 10.1. The van der Waals surface area contributed by atoms with E-state index in [-0.39, 0.29) is 5.82 Å². The minimum absolute atomic E-state index is 0.283. The van der Waals surface area contributed by atoms with Crippen LogP contribution in [-0.4, -0.2) is 10.7 Å². The zero-order chi connectivity index (χ0) is 15.4. The molecule has 0 radical (unpaired) electrons. The maximum absolute atomic E-state index is 13.7. The van der Waals surface area contributed by atoms with Crippen molar-refractivity contribution in [1.29, 1.82) is 0 Å². The number of rotatable bonds is 4. The van der Waals surface area contributed by atoms with Gasteiger partial charge in [0.25, 0.3) is 0 Å². The zero-order valence-corrected chi connectivity index (χ0v) is 12.8. The van der Waals surface area contributed by atoms with Gasteiger partial charge in [0.2, 0.25) is 5.13 Å². The van der Waals surface area contributed by atoms with E-state index in [0.29, 0.717) is 16.4 Å². The average molecular weight is 311 g/mol. The Bertz CT molecular complexity index is 796. The predicted octanol–water partition coefficient (Wildman–Crippen LogP) is 4.79. The van der Waals surface area contributed by atoms with E-state index < -0.39 is 0 Å². The quantitative estimate of drug-likeness (QED) is 0.556. The van der Waals surface area contributed by atoms with Gasteiger partial charge in [-0.3, -0.25) is 5.43 Å². The lowest BCUT2D eigenvalue weighted by Gasteiger charge is -2.02. The van der Waals surface area contributed by atoms with E-state index in [1.807, 2.05) is 35.7 Å². The minimum Gasteiger partial charge on any atom is -0.252 e. The van der Waals surface area contributed by atoms with Crippen molar-refractivity contribution in [3.8, 4) is 11.3 Å². The molecule has 0 amide bonds. The van der Waals surface area contributed by atoms with Gasteiger partial charge in [0, 0.05) is 16.5 Å². The highest BCUT2D eigenvalue weighted by Gasteiger charge is 2.06. The summed E-state index contributed by atoms with van der Waals surface area (Å²) < 4.78 is 13.7. The summed E-state index contributed by atoms with van der Waals surface area (Å²) in [4.78, 5) is 4.48. The number of hydrogen-bond donors (Lipinski definition) is 1. The largest absolute Gasteiger partial charge is 0.252 e. The fourth-order valence-corrected chi connectivity index (χ4v) is 2.67. The average Bonchev–Trinajstić information content (AvgIpc) is 3.03. The van der Waals surface area contributed by atoms with Crippen molar-refractivity contribution in [3.63, 3.8) is 0 Å². The van der Waals surface area contributed by atoms with Crippen LogP contribution in [0.5, 0.6) is 0 Å². The molecule has 0 saturated heterocycles. The van der Waals surface area contributed by atoms with Crippen molar-refractivity contribution in [2.75, 3.05) is 5.43 Å². The molecule has 0 fully saturated rings. The van der Waals surface area contributed by atoms with Crippen molar-refractivity contribution >= 4 is 22.2 Å². The smallest absolute Gasteiger partial charge is 0.203 e. The monoisotopic (exact) mass is 311 g/mol. The number of benzene rings is 2. The van der Waals surface area contributed by atoms with Crippen LogP contribution in [0.1, 0.15) is 12.5 Å². The maximum atomic E-state index is 13.7. The van der Waals surface area contributed by atoms with E-state index in [1.54, 1.807) is 25.1 Å². The molecule has 0 bridgehead atoms. The number of nitrogens with zero attached hydrogens (tertiary/aromatic N) is 2. The molecule has 3 nitrogen and oxygen atoms in total. The van der Waals surface area contributed by atoms with Gasteiger partial charge in [-0.1, -0.05) is 48.5 Å². The van der Waals surface area contributed by atoms with Gasteiger partial charge in [0.1, 0.15) is 5.82 Å². The zero-order valence-electron chi connectivity index (χ0n) is 12.0. The lowest BCUT2D eigenvalue weighted by Crippen LogP contribution is -2.02. The molecule has 0 unspecified atom stereocenters. The molecule has 0 aliphatic carbocycles. The van der Waals surface area contributed by atoms with Gasteiger partial charge in [-0.15, -0.1) is 11.3 Å². The second kappa shape index (κ2) is 6.49. The van der Waals surface area contributed by atoms with Gasteiger partial charge in [0.15, 0.2) is 0 Å². The molecule has 0 spiro atoms. The summed E-state index contributed by atoms with van der Waals surface area (Å²) in [5.41, 5.74) is 5.90. The fraction of sp³-hybridized carbons (Fsp3) is 0.0588. The van der Waals surface area contributed by atoms with Gasteiger partial charge in [-0.05, 0) is 13.0 Å². The molecular formula is C17H14FN3S. The first-order chi connectivity index (χ1) is 10.7. The number of halogens is 1. The van der Waals surface area contributed by atoms with Gasteiger partial charge < -0.3 is 0 Å². The van der Waals surface area contributed by atoms with Crippen LogP contribution in [0, 0.1) is 5.82 Å². The summed E-state index contributed by atoms with van der Waals surface area (Å²) in [5.74, 6) is -0.283. The van der Waals surface area contributed by atoms with Crippen LogP contribution in [0.3, 0.4) is 0 Å². The second-order valence-corrected chi connectivity index (χ2v) is 5.55. The predicted molar refractivity (Wildman–Crippen MR) is 89.8 cm³/mol. The van der Waals surface area contributed by atoms with Crippen LogP contribution < -0.4 is 5.43 Å². The van der Waals surface area contributed by atoms with Crippen LogP contribution in [0.4, 0.5) is 9.52 Å². The second-order valence-electron chi connectivity index (χ2n) is 4.69. The minimum atomic E-state index is -0.283. The molecule has 0 aliphatic heterocycles. The first kappa shape index (κ1) is 14.4. The highest BCUT2D eigenvalue weighted by Crippen LogP contribution is 2.24. The first-order valence-corrected chi connectivity index (χ1v) is 7.68. The van der Waals surface area contributed by atoms with E-state index in [1.165, 1.54) is 17.4 Å². The van der Waals surface area contributed by atoms with Gasteiger partial charge in [0.05, 0.1) is 11.4 Å². The molecule has 110 valence electrons. The highest BCUT2D eigenvalue weighted by atomic mass is 32.1. The summed E-state index contributed by atoms with van der Waals surface area (Å²) in [7, 11) is 0. The molecule has 5 heteroatoms. The number of hydrazone groups is 1. The standard InChI is InChI=1S/C17H14FN3S/c1-12(14-9-5-6-10-15(14)18)20-21-17-19-16(11-22-17)13-7-3-2-4-8-13/h2-11H,1H3,(H,19,21)/b20-12-. The number of aromatic nitrogens is 1. The Kier molecular flexibility index (Phi) is 4.25. The van der Waals surface area contributed by atoms with Crippen molar-refractivity contribution in [3.05, 3.63) is 71.4 Å². The van der Waals surface area contributed by atoms with Crippen LogP contribution in [0.2, 0.25) is 0 Å². The third-order valence-corrected chi connectivity index (χ3v) is 3.90. The summed E-state index contributed by atoms with van der Waals surface area (Å²) in [6, 6.07) is 16.5. The highest BCUT2D eigenvalue weighted by molar-refractivity contribution is 7.14. The molecule has 3 aromatic rings. The molecule has 0 aliphatic rings. The Morgan fingerprint density at radius 1 is 1.09 bits per heavy atom. The van der Waals surface area contributed by atoms with E-state index in [4.69, 9.17) is 0 Å². The Labute approximate surface area is 132 Å². The van der Waals surface area contributed by atoms with E-state index in [9.17, 15) is 4.39 Å². The van der Waals surface area contributed by atoms with Crippen LogP contribution in [0.15, 0.2) is 65.1 Å². The summed E-state index contributed by atoms with van der Waals surface area (Å²) in [6.07, 6.45) is 0. The molecule has 1 heterocycles. The van der Waals surface area contributed by atoms with Crippen LogP contribution in [0.25, 0.3) is 11.3 Å². The van der Waals surface area contributed by atoms with E-state index >= 15 is 0 Å². The number of hydrogen-bond acceptors (Lipinski definition) is 4. The van der Waals surface area contributed by atoms with Gasteiger partial charge >= 0.3 is 0 Å². The van der Waals surface area contributed by atoms with Gasteiger partial charge in [-0.25, -0.2) is 9.37 Å². The molecule has 3 rings (SSSR count). The summed E-state index contributed by atoms with van der Waals surface area (Å²) in [6.45, 7) is 1.76. The van der Waals surface area contributed by atoms with E-state index in [2.05, 4.69) is 15.5 Å². The molecule has 1 N–H and O–H groups in total. The molecule has 2 aromatic carbocycles. The maximum Gasteiger partial charge on any atom is 0.203 e. The van der Waals surface area contributed by atoms with Crippen molar-refractivity contribution in [1.82, 2.24) is 4.98 Å². The van der Waals surface area contributed by atoms with Crippen molar-refractivity contribution in [2.24, 2.45) is 5.10 Å². The van der Waals surface area contributed by atoms with Gasteiger partial charge in [-0.2, -0.15) is 5.10 Å². The Balaban J connectivity index is 1.76. The fourth-order valence-electron chi connectivity index (χ4n) is 2.01. The number of anilines is 1. The third-order valence-electron chi connectivity index (χ3n) is 3.16. The van der Waals surface area contributed by atoms with E-state index in [0.717, 1.165) is 11.3 Å². The van der Waals surface area contributed by atoms with Crippen LogP contribution >= 0.6 is 11.3 Å². The Hall–Kier alpha value is -2.53. The SMILES string of the molecule is C/C(=N/Nc1nc(-c2ccccc2)cs1)c1ccccc1F. The number of nitrogens with one attached hydrogen (secondary N) is 1. The van der Waals surface area contributed by atoms with Crippen LogP contribution in [-0.2, 0) is 0 Å².